The molecule has 0 saturated heterocycles. The van der Waals surface area contributed by atoms with Crippen LogP contribution in [0.5, 0.6) is 0 Å². The average molecular weight is 973 g/mol. The Morgan fingerprint density at radius 2 is 1.08 bits per heavy atom. The Kier molecular flexibility index (Phi) is 9.40. The van der Waals surface area contributed by atoms with Crippen molar-refractivity contribution in [3.05, 3.63) is 160 Å². The van der Waals surface area contributed by atoms with Crippen LogP contribution in [0, 0.1) is 29.6 Å². The van der Waals surface area contributed by atoms with Gasteiger partial charge < -0.3 is 18.6 Å². The van der Waals surface area contributed by atoms with Crippen molar-refractivity contribution in [2.75, 3.05) is 9.80 Å². The molecule has 1 saturated carbocycles. The number of hydrogen-bond acceptors (Lipinski definition) is 4. The SMILES string of the molecule is Cc1cc2c3c(c1)N(c1ccc4c(c1)C(C)(C)CCC4(C)C)c1c(oc4cc5c(cc14)C(C)(C)CCC5(C)C)B3c1ccc3c(oc4ccccc43)c1N2C1=CC2C(C=C1c1ccccc1)C(C)(C)CCC2(C)C. The van der Waals surface area contributed by atoms with E-state index in [4.69, 9.17) is 8.83 Å². The van der Waals surface area contributed by atoms with E-state index in [1.807, 2.05) is 0 Å². The molecule has 8 aromatic rings. The Morgan fingerprint density at radius 1 is 0.486 bits per heavy atom. The van der Waals surface area contributed by atoms with Crippen LogP contribution < -0.4 is 26.4 Å². The molecule has 0 amide bonds. The van der Waals surface area contributed by atoms with Gasteiger partial charge in [-0.25, -0.2) is 0 Å². The highest BCUT2D eigenvalue weighted by atomic mass is 16.3. The number of para-hydroxylation sites is 1. The predicted octanol–water partition coefficient (Wildman–Crippen LogP) is 17.1. The van der Waals surface area contributed by atoms with E-state index in [0.29, 0.717) is 11.8 Å². The van der Waals surface area contributed by atoms with Crippen molar-refractivity contribution in [2.24, 2.45) is 22.7 Å². The maximum Gasteiger partial charge on any atom is 0.297 e. The van der Waals surface area contributed by atoms with Gasteiger partial charge in [-0.2, -0.15) is 0 Å². The van der Waals surface area contributed by atoms with Crippen molar-refractivity contribution in [1.29, 1.82) is 0 Å². The molecule has 0 N–H and O–H groups in total. The molecule has 374 valence electrons. The van der Waals surface area contributed by atoms with Crippen LogP contribution in [0.1, 0.15) is 155 Å². The predicted molar refractivity (Wildman–Crippen MR) is 313 cm³/mol. The van der Waals surface area contributed by atoms with Crippen LogP contribution in [0.2, 0.25) is 0 Å². The molecule has 6 aromatic carbocycles. The van der Waals surface area contributed by atoms with E-state index in [9.17, 15) is 0 Å². The van der Waals surface area contributed by atoms with Crippen LogP contribution in [0.15, 0.2) is 136 Å². The Bertz CT molecular complexity index is 3790. The minimum atomic E-state index is -0.208. The molecule has 0 radical (unpaired) electrons. The highest BCUT2D eigenvalue weighted by Gasteiger charge is 2.53. The van der Waals surface area contributed by atoms with Gasteiger partial charge >= 0.3 is 0 Å². The zero-order chi connectivity index (χ0) is 51.4. The number of nitrogens with zero attached hydrogens (tertiary/aromatic N) is 2. The van der Waals surface area contributed by atoms with E-state index in [-0.39, 0.29) is 39.2 Å². The van der Waals surface area contributed by atoms with E-state index in [1.165, 1.54) is 103 Å². The van der Waals surface area contributed by atoms with Crippen molar-refractivity contribution in [2.45, 2.75) is 150 Å². The summed E-state index contributed by atoms with van der Waals surface area (Å²) in [5.74, 6) is 0.703. The normalized spacial score (nSPS) is 23.1. The smallest absolute Gasteiger partial charge is 0.297 e. The fraction of sp³-hybridized carbons (Fsp3) is 0.391. The zero-order valence-electron chi connectivity index (χ0n) is 46.2. The van der Waals surface area contributed by atoms with E-state index in [1.54, 1.807) is 0 Å². The van der Waals surface area contributed by atoms with Crippen LogP contribution in [-0.2, 0) is 21.7 Å². The number of hydrogen-bond donors (Lipinski definition) is 0. The number of benzene rings is 6. The molecule has 0 bridgehead atoms. The molecule has 2 aromatic heterocycles. The Labute approximate surface area is 440 Å². The number of rotatable bonds is 3. The van der Waals surface area contributed by atoms with Crippen LogP contribution in [-0.4, -0.2) is 6.71 Å². The highest BCUT2D eigenvalue weighted by molar-refractivity contribution is 7.00. The molecule has 4 aliphatic carbocycles. The molecule has 14 rings (SSSR count). The summed E-state index contributed by atoms with van der Waals surface area (Å²) in [5, 5.41) is 3.47. The van der Waals surface area contributed by atoms with Gasteiger partial charge in [-0.15, -0.1) is 0 Å². The molecule has 6 aliphatic rings. The van der Waals surface area contributed by atoms with Gasteiger partial charge in [-0.1, -0.05) is 162 Å². The Morgan fingerprint density at radius 3 is 1.77 bits per heavy atom. The molecule has 1 fully saturated rings. The van der Waals surface area contributed by atoms with E-state index >= 15 is 0 Å². The van der Waals surface area contributed by atoms with Gasteiger partial charge in [0, 0.05) is 38.8 Å². The molecule has 2 atom stereocenters. The van der Waals surface area contributed by atoms with Gasteiger partial charge in [0.15, 0.2) is 5.58 Å². The summed E-state index contributed by atoms with van der Waals surface area (Å²) >= 11 is 0. The molecular weight excluding hydrogens is 900 g/mol. The first kappa shape index (κ1) is 46.3. The second-order valence-corrected chi connectivity index (χ2v) is 27.8. The molecule has 5 heteroatoms. The molecule has 74 heavy (non-hydrogen) atoms. The van der Waals surface area contributed by atoms with Gasteiger partial charge in [-0.05, 0) is 177 Å². The summed E-state index contributed by atoms with van der Waals surface area (Å²) in [6.45, 7) is 31.7. The quantitative estimate of drug-likeness (QED) is 0.165. The summed E-state index contributed by atoms with van der Waals surface area (Å²) in [5.41, 5.74) is 23.4. The third kappa shape index (κ3) is 6.40. The van der Waals surface area contributed by atoms with Gasteiger partial charge in [-0.3, -0.25) is 0 Å². The lowest BCUT2D eigenvalue weighted by Gasteiger charge is -2.53. The lowest BCUT2D eigenvalue weighted by molar-refractivity contribution is 0.0332. The molecule has 4 nitrogen and oxygen atoms in total. The summed E-state index contributed by atoms with van der Waals surface area (Å²) in [4.78, 5) is 5.31. The zero-order valence-corrected chi connectivity index (χ0v) is 46.2. The van der Waals surface area contributed by atoms with Gasteiger partial charge in [0.05, 0.1) is 22.7 Å². The van der Waals surface area contributed by atoms with Gasteiger partial charge in [0.2, 0.25) is 0 Å². The lowest BCUT2D eigenvalue weighted by atomic mass is 9.35. The van der Waals surface area contributed by atoms with Crippen molar-refractivity contribution in [1.82, 2.24) is 0 Å². The first-order valence-corrected chi connectivity index (χ1v) is 28.0. The first-order valence-electron chi connectivity index (χ1n) is 28.0. The fourth-order valence-electron chi connectivity index (χ4n) is 15.4. The fourth-order valence-corrected chi connectivity index (χ4v) is 15.4. The minimum absolute atomic E-state index is 0.0233. The first-order chi connectivity index (χ1) is 35.0. The van der Waals surface area contributed by atoms with Crippen molar-refractivity contribution in [3.63, 3.8) is 0 Å². The van der Waals surface area contributed by atoms with Crippen molar-refractivity contribution >= 4 is 90.2 Å². The number of allylic oxidation sites excluding steroid dienone is 3. The maximum atomic E-state index is 7.74. The van der Waals surface area contributed by atoms with E-state index < -0.39 is 0 Å². The highest BCUT2D eigenvalue weighted by Crippen LogP contribution is 2.60. The van der Waals surface area contributed by atoms with Crippen LogP contribution in [0.3, 0.4) is 0 Å². The van der Waals surface area contributed by atoms with E-state index in [2.05, 4.69) is 221 Å². The minimum Gasteiger partial charge on any atom is -0.468 e. The lowest BCUT2D eigenvalue weighted by Crippen LogP contribution is -2.61. The van der Waals surface area contributed by atoms with Crippen LogP contribution >= 0.6 is 0 Å². The number of aryl methyl sites for hydroxylation is 1. The second-order valence-electron chi connectivity index (χ2n) is 27.8. The second kappa shape index (κ2) is 15.0. The monoisotopic (exact) mass is 973 g/mol. The van der Waals surface area contributed by atoms with Crippen LogP contribution in [0.25, 0.3) is 38.5 Å². The molecule has 2 aliphatic heterocycles. The van der Waals surface area contributed by atoms with Crippen molar-refractivity contribution < 1.29 is 8.83 Å². The van der Waals surface area contributed by atoms with Gasteiger partial charge in [0.25, 0.3) is 6.71 Å². The Balaban J connectivity index is 1.12. The van der Waals surface area contributed by atoms with E-state index in [0.717, 1.165) is 58.1 Å². The average Bonchev–Trinajstić information content (AvgIpc) is 3.98. The van der Waals surface area contributed by atoms with Gasteiger partial charge in [0.1, 0.15) is 11.2 Å². The van der Waals surface area contributed by atoms with Crippen LogP contribution in [0.4, 0.5) is 28.4 Å². The largest absolute Gasteiger partial charge is 0.468 e. The topological polar surface area (TPSA) is 32.8 Å². The number of fused-ring (bicyclic) bond motifs is 13. The number of anilines is 5. The summed E-state index contributed by atoms with van der Waals surface area (Å²) in [6.07, 6.45) is 12.4. The van der Waals surface area contributed by atoms with Crippen molar-refractivity contribution in [3.8, 4) is 0 Å². The third-order valence-electron chi connectivity index (χ3n) is 20.3. The Hall–Kier alpha value is -6.20. The molecule has 0 spiro atoms. The summed E-state index contributed by atoms with van der Waals surface area (Å²) in [7, 11) is 0. The molecule has 4 heterocycles. The third-order valence-corrected chi connectivity index (χ3v) is 20.3. The molecular formula is C69H73BN2O2. The number of furan rings is 2. The molecule has 2 unspecified atom stereocenters. The summed E-state index contributed by atoms with van der Waals surface area (Å²) < 4.78 is 15.0. The maximum absolute atomic E-state index is 7.74. The summed E-state index contributed by atoms with van der Waals surface area (Å²) in [6, 6.07) is 42.1. The standard InChI is InChI=1S/C69H73BN2O2/c1-40-33-55-59-56(34-40)72(54-38-51-49(66(6,7)29-31-68(51,10)11)36-45(54)41-19-15-14-16-20-41)61-53(26-24-44-43-21-17-18-22-57(43)73-62(44)61)70(59)63-60(46-37-50-52(39-58(46)74-63)69(12,13)32-30-67(50,8)9)71(55)42-23-25-47-48(35-42)65(4,5)28-27-64(47,2)3/h14-26,33-39,49,51H,27-32H2,1-13H3.